The first-order valence-electron chi connectivity index (χ1n) is 12.1. The third kappa shape index (κ3) is 2.24. The zero-order chi connectivity index (χ0) is 20.8. The van der Waals surface area contributed by atoms with E-state index in [9.17, 15) is 4.79 Å². The summed E-state index contributed by atoms with van der Waals surface area (Å²) in [4.78, 5) is 20.5. The number of carbonyl (C=O) groups is 1. The number of aromatic nitrogens is 1. The lowest BCUT2D eigenvalue weighted by atomic mass is 9.13. The number of hydrogen-bond donors (Lipinski definition) is 1. The topological polar surface area (TPSA) is 45.2 Å². The summed E-state index contributed by atoms with van der Waals surface area (Å²) in [5.41, 5.74) is 6.64. The van der Waals surface area contributed by atoms with Crippen molar-refractivity contribution >= 4 is 5.91 Å². The standard InChI is InChI=1S/C27H31N3O/c1-17-24(25(31)29-16-26-11-21-9-20-10-22(12-26)27(20,21)26)23-7-8-30(15-19(23)13-28-17)14-18-5-3-2-4-6-18/h2-6,13,20-22H,7-12,14-16H2,1H3,(H,29,31). The molecule has 0 saturated heterocycles. The SMILES string of the molecule is Cc1ncc2c(c1C(=O)NCC13CC4CC5CC(C1)C543)CCN(Cc1ccccc1)C2. The van der Waals surface area contributed by atoms with E-state index in [0.717, 1.165) is 61.6 Å². The van der Waals surface area contributed by atoms with E-state index in [1.165, 1.54) is 42.4 Å². The summed E-state index contributed by atoms with van der Waals surface area (Å²) in [6, 6.07) is 10.6. The molecule has 1 amide bonds. The van der Waals surface area contributed by atoms with Crippen LogP contribution in [0.15, 0.2) is 36.5 Å². The van der Waals surface area contributed by atoms with Gasteiger partial charge in [0.05, 0.1) is 11.3 Å². The van der Waals surface area contributed by atoms with Gasteiger partial charge >= 0.3 is 0 Å². The Kier molecular flexibility index (Phi) is 3.67. The van der Waals surface area contributed by atoms with E-state index in [1.807, 2.05) is 13.1 Å². The number of carbonyl (C=O) groups excluding carboxylic acids is 1. The van der Waals surface area contributed by atoms with Gasteiger partial charge in [0.25, 0.3) is 5.91 Å². The van der Waals surface area contributed by atoms with Crippen LogP contribution in [-0.2, 0) is 19.5 Å². The van der Waals surface area contributed by atoms with Gasteiger partial charge in [0, 0.05) is 32.4 Å². The fraction of sp³-hybridized carbons (Fsp3) is 0.556. The zero-order valence-electron chi connectivity index (χ0n) is 18.4. The minimum Gasteiger partial charge on any atom is -0.351 e. The molecule has 0 bridgehead atoms. The van der Waals surface area contributed by atoms with Gasteiger partial charge in [0.15, 0.2) is 0 Å². The summed E-state index contributed by atoms with van der Waals surface area (Å²) in [5.74, 6) is 3.09. The number of nitrogens with zero attached hydrogens (tertiary/aromatic N) is 2. The highest BCUT2D eigenvalue weighted by molar-refractivity contribution is 5.97. The van der Waals surface area contributed by atoms with Crippen molar-refractivity contribution in [3.8, 4) is 0 Å². The van der Waals surface area contributed by atoms with E-state index < -0.39 is 0 Å². The summed E-state index contributed by atoms with van der Waals surface area (Å²) in [6.07, 6.45) is 8.59. The quantitative estimate of drug-likeness (QED) is 0.802. The Morgan fingerprint density at radius 2 is 1.94 bits per heavy atom. The molecule has 1 spiro atoms. The van der Waals surface area contributed by atoms with Crippen LogP contribution in [0.25, 0.3) is 0 Å². The minimum absolute atomic E-state index is 0.117. The number of aryl methyl sites for hydroxylation is 1. The molecule has 0 radical (unpaired) electrons. The van der Waals surface area contributed by atoms with E-state index in [1.54, 1.807) is 0 Å². The second-order valence-electron chi connectivity index (χ2n) is 11.0. The van der Waals surface area contributed by atoms with Gasteiger partial charge in [-0.25, -0.2) is 0 Å². The molecule has 1 aliphatic heterocycles. The van der Waals surface area contributed by atoms with Crippen molar-refractivity contribution in [2.45, 2.75) is 52.1 Å². The molecule has 1 aromatic carbocycles. The zero-order valence-corrected chi connectivity index (χ0v) is 18.4. The molecule has 2 unspecified atom stereocenters. The van der Waals surface area contributed by atoms with Crippen molar-refractivity contribution in [3.05, 3.63) is 64.5 Å². The van der Waals surface area contributed by atoms with Crippen molar-refractivity contribution in [2.24, 2.45) is 28.6 Å². The highest BCUT2D eigenvalue weighted by atomic mass is 16.1. The Labute approximate surface area is 184 Å². The molecule has 4 saturated carbocycles. The summed E-state index contributed by atoms with van der Waals surface area (Å²) < 4.78 is 0. The molecule has 2 aromatic rings. The average molecular weight is 414 g/mol. The maximum absolute atomic E-state index is 13.4. The number of rotatable bonds is 5. The minimum atomic E-state index is 0.117. The van der Waals surface area contributed by atoms with Gasteiger partial charge < -0.3 is 5.32 Å². The van der Waals surface area contributed by atoms with Crippen LogP contribution in [0, 0.1) is 35.5 Å². The monoisotopic (exact) mass is 413 g/mol. The van der Waals surface area contributed by atoms with Crippen LogP contribution in [0.1, 0.15) is 58.4 Å². The maximum Gasteiger partial charge on any atom is 0.253 e. The lowest BCUT2D eigenvalue weighted by molar-refractivity contribution is -0.428. The highest BCUT2D eigenvalue weighted by Gasteiger charge is 2.87. The van der Waals surface area contributed by atoms with Crippen LogP contribution < -0.4 is 5.32 Å². The second kappa shape index (κ2) is 6.19. The molecule has 1 N–H and O–H groups in total. The Balaban J connectivity index is 1.07. The molecule has 2 atom stereocenters. The predicted molar refractivity (Wildman–Crippen MR) is 119 cm³/mol. The Hall–Kier alpha value is -2.20. The lowest BCUT2D eigenvalue weighted by Crippen LogP contribution is -2.86. The van der Waals surface area contributed by atoms with Crippen molar-refractivity contribution in [1.82, 2.24) is 15.2 Å². The molecule has 1 aromatic heterocycles. The lowest BCUT2D eigenvalue weighted by Gasteiger charge is -2.91. The second-order valence-corrected chi connectivity index (χ2v) is 11.0. The van der Waals surface area contributed by atoms with Gasteiger partial charge in [-0.05, 0) is 84.3 Å². The normalized spacial score (nSPS) is 36.5. The van der Waals surface area contributed by atoms with Crippen molar-refractivity contribution < 1.29 is 4.79 Å². The number of hydrogen-bond acceptors (Lipinski definition) is 3. The summed E-state index contributed by atoms with van der Waals surface area (Å²) in [5, 5.41) is 3.39. The van der Waals surface area contributed by atoms with E-state index in [-0.39, 0.29) is 5.91 Å². The van der Waals surface area contributed by atoms with Gasteiger partial charge in [-0.2, -0.15) is 0 Å². The summed E-state index contributed by atoms with van der Waals surface area (Å²) in [6.45, 7) is 5.69. The van der Waals surface area contributed by atoms with E-state index in [0.29, 0.717) is 10.8 Å². The van der Waals surface area contributed by atoms with Crippen LogP contribution in [0.4, 0.5) is 0 Å². The van der Waals surface area contributed by atoms with Gasteiger partial charge in [0.2, 0.25) is 0 Å². The number of benzene rings is 1. The summed E-state index contributed by atoms with van der Waals surface area (Å²) in [7, 11) is 0. The molecular weight excluding hydrogens is 382 g/mol. The first kappa shape index (κ1) is 18.4. The first-order chi connectivity index (χ1) is 15.1. The molecule has 4 nitrogen and oxygen atoms in total. The molecular formula is C27H31N3O. The fourth-order valence-corrected chi connectivity index (χ4v) is 8.78. The number of fused-ring (bicyclic) bond motifs is 1. The largest absolute Gasteiger partial charge is 0.351 e. The number of nitrogens with one attached hydrogen (secondary N) is 1. The van der Waals surface area contributed by atoms with Crippen molar-refractivity contribution in [1.29, 1.82) is 0 Å². The molecule has 5 aliphatic rings. The van der Waals surface area contributed by atoms with Crippen LogP contribution in [0.5, 0.6) is 0 Å². The molecule has 4 heteroatoms. The molecule has 31 heavy (non-hydrogen) atoms. The van der Waals surface area contributed by atoms with Crippen molar-refractivity contribution in [2.75, 3.05) is 13.1 Å². The molecule has 7 rings (SSSR count). The Morgan fingerprint density at radius 1 is 1.16 bits per heavy atom. The smallest absolute Gasteiger partial charge is 0.253 e. The average Bonchev–Trinajstić information content (AvgIpc) is 2.72. The van der Waals surface area contributed by atoms with Gasteiger partial charge in [-0.1, -0.05) is 30.3 Å². The Morgan fingerprint density at radius 3 is 2.65 bits per heavy atom. The van der Waals surface area contributed by atoms with E-state index in [2.05, 4.69) is 45.5 Å². The van der Waals surface area contributed by atoms with Gasteiger partial charge in [-0.3, -0.25) is 14.7 Å². The third-order valence-electron chi connectivity index (χ3n) is 9.96. The summed E-state index contributed by atoms with van der Waals surface area (Å²) >= 11 is 0. The van der Waals surface area contributed by atoms with Gasteiger partial charge in [-0.15, -0.1) is 0 Å². The van der Waals surface area contributed by atoms with Crippen molar-refractivity contribution in [3.63, 3.8) is 0 Å². The highest BCUT2D eigenvalue weighted by Crippen LogP contribution is 2.92. The maximum atomic E-state index is 13.4. The third-order valence-corrected chi connectivity index (χ3v) is 9.96. The molecule has 2 heterocycles. The van der Waals surface area contributed by atoms with Crippen LogP contribution >= 0.6 is 0 Å². The van der Waals surface area contributed by atoms with E-state index in [4.69, 9.17) is 0 Å². The van der Waals surface area contributed by atoms with Crippen LogP contribution in [0.2, 0.25) is 0 Å². The van der Waals surface area contributed by atoms with E-state index >= 15 is 0 Å². The first-order valence-corrected chi connectivity index (χ1v) is 12.1. The fourth-order valence-electron chi connectivity index (χ4n) is 8.78. The van der Waals surface area contributed by atoms with Gasteiger partial charge in [0.1, 0.15) is 0 Å². The molecule has 4 fully saturated rings. The predicted octanol–water partition coefficient (Wildman–Crippen LogP) is 4.11. The Bertz CT molecular complexity index is 1050. The molecule has 4 aliphatic carbocycles. The number of amides is 1. The number of pyridine rings is 1. The molecule has 160 valence electrons. The van der Waals surface area contributed by atoms with Crippen LogP contribution in [0.3, 0.4) is 0 Å². The van der Waals surface area contributed by atoms with Crippen LogP contribution in [-0.4, -0.2) is 28.9 Å².